The highest BCUT2D eigenvalue weighted by atomic mass is 16.2. The second-order valence-electron chi connectivity index (χ2n) is 4.60. The van der Waals surface area contributed by atoms with Crippen molar-refractivity contribution < 1.29 is 4.79 Å². The number of rotatable bonds is 4. The molecule has 0 spiro atoms. The number of likely N-dealkylation sites (tertiary alicyclic amines) is 1. The van der Waals surface area contributed by atoms with E-state index in [9.17, 15) is 4.79 Å². The van der Waals surface area contributed by atoms with Gasteiger partial charge in [0.2, 0.25) is 5.91 Å². The molecule has 0 aliphatic carbocycles. The summed E-state index contributed by atoms with van der Waals surface area (Å²) in [4.78, 5) is 13.7. The molecule has 1 heterocycles. The van der Waals surface area contributed by atoms with Crippen molar-refractivity contribution in [2.24, 2.45) is 11.8 Å². The molecule has 1 N–H and O–H groups in total. The van der Waals surface area contributed by atoms with E-state index in [1.807, 2.05) is 11.9 Å². The average molecular weight is 198 g/mol. The minimum atomic E-state index is 0.340. The molecule has 3 heteroatoms. The van der Waals surface area contributed by atoms with Crippen LogP contribution >= 0.6 is 0 Å². The highest BCUT2D eigenvalue weighted by Crippen LogP contribution is 2.18. The molecule has 1 aliphatic heterocycles. The van der Waals surface area contributed by atoms with Crippen LogP contribution < -0.4 is 5.32 Å². The van der Waals surface area contributed by atoms with Crippen LogP contribution in [0.3, 0.4) is 0 Å². The molecule has 1 rings (SSSR count). The third kappa shape index (κ3) is 3.29. The van der Waals surface area contributed by atoms with Gasteiger partial charge in [0.25, 0.3) is 0 Å². The number of piperidine rings is 1. The largest absolute Gasteiger partial charge is 0.342 e. The molecule has 0 aromatic rings. The van der Waals surface area contributed by atoms with Gasteiger partial charge in [-0.05, 0) is 31.8 Å². The maximum Gasteiger partial charge on any atom is 0.222 e. The minimum Gasteiger partial charge on any atom is -0.342 e. The third-order valence-electron chi connectivity index (χ3n) is 2.85. The van der Waals surface area contributed by atoms with E-state index in [4.69, 9.17) is 0 Å². The molecule has 1 saturated heterocycles. The predicted molar refractivity (Wildman–Crippen MR) is 58.1 cm³/mol. The number of nitrogens with zero attached hydrogens (tertiary/aromatic N) is 1. The molecule has 3 nitrogen and oxygen atoms in total. The molecule has 1 aliphatic rings. The van der Waals surface area contributed by atoms with E-state index in [1.165, 1.54) is 0 Å². The van der Waals surface area contributed by atoms with E-state index < -0.39 is 0 Å². The summed E-state index contributed by atoms with van der Waals surface area (Å²) in [7, 11) is 1.95. The summed E-state index contributed by atoms with van der Waals surface area (Å²) in [5.41, 5.74) is 0. The summed E-state index contributed by atoms with van der Waals surface area (Å²) >= 11 is 0. The van der Waals surface area contributed by atoms with Crippen LogP contribution in [0.15, 0.2) is 0 Å². The number of carbonyl (C=O) groups is 1. The topological polar surface area (TPSA) is 32.3 Å². The Morgan fingerprint density at radius 2 is 2.36 bits per heavy atom. The van der Waals surface area contributed by atoms with E-state index in [1.54, 1.807) is 0 Å². The van der Waals surface area contributed by atoms with Gasteiger partial charge in [-0.25, -0.2) is 0 Å². The van der Waals surface area contributed by atoms with Crippen LogP contribution in [0.25, 0.3) is 0 Å². The summed E-state index contributed by atoms with van der Waals surface area (Å²) in [5.74, 6) is 1.47. The van der Waals surface area contributed by atoms with Crippen LogP contribution in [-0.4, -0.2) is 37.5 Å². The minimum absolute atomic E-state index is 0.340. The zero-order valence-electron chi connectivity index (χ0n) is 9.55. The fourth-order valence-corrected chi connectivity index (χ4v) is 2.01. The molecule has 0 aromatic heterocycles. The van der Waals surface area contributed by atoms with Crippen molar-refractivity contribution in [1.29, 1.82) is 0 Å². The quantitative estimate of drug-likeness (QED) is 0.733. The molecule has 0 aromatic carbocycles. The van der Waals surface area contributed by atoms with Crippen molar-refractivity contribution in [2.45, 2.75) is 26.7 Å². The SMILES string of the molecule is CNCC(C)CN1CCC(C)CC1=O. The van der Waals surface area contributed by atoms with E-state index in [-0.39, 0.29) is 0 Å². The maximum atomic E-state index is 11.6. The van der Waals surface area contributed by atoms with Gasteiger partial charge in [-0.2, -0.15) is 0 Å². The normalized spacial score (nSPS) is 25.2. The van der Waals surface area contributed by atoms with Crippen molar-refractivity contribution in [1.82, 2.24) is 10.2 Å². The van der Waals surface area contributed by atoms with Crippen LogP contribution in [0.4, 0.5) is 0 Å². The second-order valence-corrected chi connectivity index (χ2v) is 4.60. The fourth-order valence-electron chi connectivity index (χ4n) is 2.01. The summed E-state index contributed by atoms with van der Waals surface area (Å²) in [6.07, 6.45) is 1.91. The highest BCUT2D eigenvalue weighted by Gasteiger charge is 2.23. The second kappa shape index (κ2) is 5.35. The lowest BCUT2D eigenvalue weighted by Crippen LogP contribution is -2.42. The smallest absolute Gasteiger partial charge is 0.222 e. The van der Waals surface area contributed by atoms with Gasteiger partial charge >= 0.3 is 0 Å². The Morgan fingerprint density at radius 1 is 1.64 bits per heavy atom. The van der Waals surface area contributed by atoms with Crippen molar-refractivity contribution in [3.8, 4) is 0 Å². The zero-order chi connectivity index (χ0) is 10.6. The molecule has 0 bridgehead atoms. The van der Waals surface area contributed by atoms with E-state index in [2.05, 4.69) is 19.2 Å². The summed E-state index contributed by atoms with van der Waals surface area (Å²) < 4.78 is 0. The fraction of sp³-hybridized carbons (Fsp3) is 0.909. The van der Waals surface area contributed by atoms with Crippen molar-refractivity contribution in [3.63, 3.8) is 0 Å². The molecule has 0 saturated carbocycles. The van der Waals surface area contributed by atoms with Crippen LogP contribution in [0, 0.1) is 11.8 Å². The van der Waals surface area contributed by atoms with Gasteiger partial charge in [-0.3, -0.25) is 4.79 Å². The monoisotopic (exact) mass is 198 g/mol. The van der Waals surface area contributed by atoms with Gasteiger partial charge in [-0.15, -0.1) is 0 Å². The van der Waals surface area contributed by atoms with Crippen LogP contribution in [0.2, 0.25) is 0 Å². The molecule has 2 atom stereocenters. The van der Waals surface area contributed by atoms with E-state index in [0.29, 0.717) is 17.7 Å². The van der Waals surface area contributed by atoms with Gasteiger partial charge in [-0.1, -0.05) is 13.8 Å². The number of amides is 1. The van der Waals surface area contributed by atoms with Crippen LogP contribution in [0.5, 0.6) is 0 Å². The molecule has 2 unspecified atom stereocenters. The Kier molecular flexibility index (Phi) is 4.39. The molecular weight excluding hydrogens is 176 g/mol. The standard InChI is InChI=1S/C11H22N2O/c1-9-4-5-13(11(14)6-9)8-10(2)7-12-3/h9-10,12H,4-8H2,1-3H3. The number of hydrogen-bond acceptors (Lipinski definition) is 2. The molecule has 82 valence electrons. The molecule has 1 fully saturated rings. The van der Waals surface area contributed by atoms with Crippen molar-refractivity contribution in [2.75, 3.05) is 26.7 Å². The molecule has 0 radical (unpaired) electrons. The first-order chi connectivity index (χ1) is 6.63. The first-order valence-electron chi connectivity index (χ1n) is 5.55. The summed E-state index contributed by atoms with van der Waals surface area (Å²) in [5, 5.41) is 3.14. The summed E-state index contributed by atoms with van der Waals surface area (Å²) in [6.45, 7) is 7.19. The maximum absolute atomic E-state index is 11.6. The Hall–Kier alpha value is -0.570. The van der Waals surface area contributed by atoms with Gasteiger partial charge < -0.3 is 10.2 Å². The van der Waals surface area contributed by atoms with Gasteiger partial charge in [0.15, 0.2) is 0 Å². The molecular formula is C11H22N2O. The lowest BCUT2D eigenvalue weighted by Gasteiger charge is -2.32. The number of hydrogen-bond donors (Lipinski definition) is 1. The Morgan fingerprint density at radius 3 is 2.93 bits per heavy atom. The Bertz CT molecular complexity index is 194. The van der Waals surface area contributed by atoms with E-state index in [0.717, 1.165) is 32.5 Å². The van der Waals surface area contributed by atoms with Crippen LogP contribution in [0.1, 0.15) is 26.7 Å². The average Bonchev–Trinajstić information content (AvgIpc) is 2.10. The predicted octanol–water partition coefficient (Wildman–Crippen LogP) is 1.10. The van der Waals surface area contributed by atoms with E-state index >= 15 is 0 Å². The first kappa shape index (κ1) is 11.5. The highest BCUT2D eigenvalue weighted by molar-refractivity contribution is 5.77. The first-order valence-corrected chi connectivity index (χ1v) is 5.55. The Balaban J connectivity index is 2.33. The zero-order valence-corrected chi connectivity index (χ0v) is 9.55. The number of carbonyl (C=O) groups excluding carboxylic acids is 1. The van der Waals surface area contributed by atoms with Gasteiger partial charge in [0.1, 0.15) is 0 Å². The third-order valence-corrected chi connectivity index (χ3v) is 2.85. The molecule has 14 heavy (non-hydrogen) atoms. The Labute approximate surface area is 86.9 Å². The summed E-state index contributed by atoms with van der Waals surface area (Å²) in [6, 6.07) is 0. The van der Waals surface area contributed by atoms with Gasteiger partial charge in [0, 0.05) is 19.5 Å². The molecule has 1 amide bonds. The van der Waals surface area contributed by atoms with Crippen molar-refractivity contribution >= 4 is 5.91 Å². The number of nitrogens with one attached hydrogen (secondary N) is 1. The van der Waals surface area contributed by atoms with Crippen LogP contribution in [-0.2, 0) is 4.79 Å². The van der Waals surface area contributed by atoms with Crippen molar-refractivity contribution in [3.05, 3.63) is 0 Å². The lowest BCUT2D eigenvalue weighted by molar-refractivity contribution is -0.135. The van der Waals surface area contributed by atoms with Gasteiger partial charge in [0.05, 0.1) is 0 Å². The lowest BCUT2D eigenvalue weighted by atomic mass is 9.97.